The minimum atomic E-state index is -0.951. The number of ether oxygens (including phenoxy) is 1. The first kappa shape index (κ1) is 21.5. The maximum absolute atomic E-state index is 13.8. The quantitative estimate of drug-likeness (QED) is 0.545. The Hall–Kier alpha value is -1.69. The van der Waals surface area contributed by atoms with Crippen LogP contribution >= 0.6 is 0 Å². The van der Waals surface area contributed by atoms with Gasteiger partial charge in [-0.2, -0.15) is 0 Å². The van der Waals surface area contributed by atoms with E-state index in [0.29, 0.717) is 24.3 Å². The van der Waals surface area contributed by atoms with Gasteiger partial charge in [-0.05, 0) is 37.5 Å². The molecule has 30 heavy (non-hydrogen) atoms. The van der Waals surface area contributed by atoms with Crippen molar-refractivity contribution in [3.8, 4) is 5.75 Å². The second-order valence-electron chi connectivity index (χ2n) is 9.55. The maximum Gasteiger partial charge on any atom is 0.265 e. The molecule has 6 heteroatoms. The van der Waals surface area contributed by atoms with Crippen LogP contribution in [0.2, 0.25) is 0 Å². The Morgan fingerprint density at radius 1 is 1.10 bits per heavy atom. The van der Waals surface area contributed by atoms with Crippen LogP contribution in [0, 0.1) is 23.5 Å². The maximum atomic E-state index is 13.8. The van der Waals surface area contributed by atoms with E-state index in [-0.39, 0.29) is 24.2 Å². The second kappa shape index (κ2) is 9.21. The minimum Gasteiger partial charge on any atom is -0.481 e. The summed E-state index contributed by atoms with van der Waals surface area (Å²) in [6.45, 7) is 5.72. The minimum absolute atomic E-state index is 0.126. The number of halogens is 2. The van der Waals surface area contributed by atoms with Crippen LogP contribution < -0.4 is 9.64 Å². The number of unbranched alkanes of at least 4 members (excludes halogenated alkanes) is 2. The van der Waals surface area contributed by atoms with E-state index in [1.165, 1.54) is 51.4 Å². The Morgan fingerprint density at radius 3 is 2.50 bits per heavy atom. The van der Waals surface area contributed by atoms with Crippen molar-refractivity contribution in [2.75, 3.05) is 24.6 Å². The molecule has 4 rings (SSSR count). The molecule has 0 aliphatic carbocycles. The highest BCUT2D eigenvalue weighted by atomic mass is 19.2. The van der Waals surface area contributed by atoms with Gasteiger partial charge >= 0.3 is 0 Å². The van der Waals surface area contributed by atoms with Gasteiger partial charge in [-0.1, -0.05) is 39.5 Å². The zero-order chi connectivity index (χ0) is 21.3. The molecule has 3 unspecified atom stereocenters. The molecular formula is C24H34F2N2O2. The Labute approximate surface area is 178 Å². The van der Waals surface area contributed by atoms with E-state index in [2.05, 4.69) is 18.7 Å². The zero-order valence-corrected chi connectivity index (χ0v) is 18.2. The molecule has 3 atom stereocenters. The third kappa shape index (κ3) is 4.48. The van der Waals surface area contributed by atoms with Gasteiger partial charge in [0.05, 0.1) is 5.69 Å². The molecule has 2 saturated heterocycles. The molecule has 0 aromatic heterocycles. The molecule has 3 heterocycles. The summed E-state index contributed by atoms with van der Waals surface area (Å²) in [4.78, 5) is 16.7. The highest BCUT2D eigenvalue weighted by molar-refractivity contribution is 5.97. The van der Waals surface area contributed by atoms with Gasteiger partial charge in [0, 0.05) is 37.3 Å². The van der Waals surface area contributed by atoms with E-state index in [1.807, 2.05) is 0 Å². The molecule has 1 amide bonds. The van der Waals surface area contributed by atoms with Crippen molar-refractivity contribution in [2.24, 2.45) is 11.8 Å². The summed E-state index contributed by atoms with van der Waals surface area (Å²) in [5.41, 5.74) is 0.342. The van der Waals surface area contributed by atoms with Crippen LogP contribution in [0.5, 0.6) is 5.75 Å². The van der Waals surface area contributed by atoms with E-state index in [1.54, 1.807) is 4.90 Å². The van der Waals surface area contributed by atoms with Crippen LogP contribution in [0.1, 0.15) is 65.2 Å². The summed E-state index contributed by atoms with van der Waals surface area (Å²) in [5, 5.41) is 0. The number of benzene rings is 1. The molecule has 0 N–H and O–H groups in total. The van der Waals surface area contributed by atoms with E-state index in [4.69, 9.17) is 4.74 Å². The predicted octanol–water partition coefficient (Wildman–Crippen LogP) is 5.15. The lowest BCUT2D eigenvalue weighted by atomic mass is 9.86. The Bertz CT molecular complexity index is 758. The van der Waals surface area contributed by atoms with Gasteiger partial charge in [0.25, 0.3) is 5.91 Å². The van der Waals surface area contributed by atoms with Gasteiger partial charge in [0.15, 0.2) is 18.2 Å². The first-order chi connectivity index (χ1) is 14.5. The van der Waals surface area contributed by atoms with E-state index in [0.717, 1.165) is 24.6 Å². The summed E-state index contributed by atoms with van der Waals surface area (Å²) in [5.74, 6) is -0.743. The Kier molecular flexibility index (Phi) is 6.61. The van der Waals surface area contributed by atoms with Crippen LogP contribution in [0.25, 0.3) is 0 Å². The van der Waals surface area contributed by atoms with Crippen molar-refractivity contribution >= 4 is 11.6 Å². The van der Waals surface area contributed by atoms with Crippen molar-refractivity contribution in [1.29, 1.82) is 0 Å². The summed E-state index contributed by atoms with van der Waals surface area (Å²) >= 11 is 0. The molecule has 2 fully saturated rings. The zero-order valence-electron chi connectivity index (χ0n) is 18.2. The van der Waals surface area contributed by atoms with Crippen LogP contribution in [0.3, 0.4) is 0 Å². The van der Waals surface area contributed by atoms with E-state index >= 15 is 0 Å². The number of carbonyl (C=O) groups is 1. The van der Waals surface area contributed by atoms with Gasteiger partial charge in [-0.15, -0.1) is 0 Å². The van der Waals surface area contributed by atoms with Gasteiger partial charge < -0.3 is 9.64 Å². The van der Waals surface area contributed by atoms with Crippen molar-refractivity contribution in [3.63, 3.8) is 0 Å². The number of carbonyl (C=O) groups excluding carboxylic acids is 1. The first-order valence-corrected chi connectivity index (χ1v) is 11.6. The fourth-order valence-electron chi connectivity index (χ4n) is 5.73. The number of piperidine rings is 1. The molecule has 166 valence electrons. The molecule has 1 aromatic rings. The number of amides is 1. The predicted molar refractivity (Wildman–Crippen MR) is 114 cm³/mol. The standard InChI is InChI=1S/C24H34F2N2O2/c1-3-4-5-6-17-9-18-7-8-19(10-17)27(18)13-16(2)14-28-22-11-20(25)21(26)12-23(22)30-15-24(28)29/h11-12,16-19H,3-10,13-15H2,1-2H3. The fourth-order valence-corrected chi connectivity index (χ4v) is 5.73. The SMILES string of the molecule is CCCCCC1CC2CCC(C1)N2CC(C)CN1C(=O)COc2cc(F)c(F)cc21. The molecule has 0 radical (unpaired) electrons. The number of fused-ring (bicyclic) bond motifs is 3. The third-order valence-electron chi connectivity index (χ3n) is 7.16. The van der Waals surface area contributed by atoms with E-state index in [9.17, 15) is 13.6 Å². The average molecular weight is 421 g/mol. The topological polar surface area (TPSA) is 32.8 Å². The Balaban J connectivity index is 1.37. The number of anilines is 1. The van der Waals surface area contributed by atoms with Crippen LogP contribution in [0.15, 0.2) is 12.1 Å². The van der Waals surface area contributed by atoms with Crippen molar-refractivity contribution in [2.45, 2.75) is 77.3 Å². The Morgan fingerprint density at radius 2 is 1.80 bits per heavy atom. The summed E-state index contributed by atoms with van der Waals surface area (Å²) in [6.07, 6.45) is 10.5. The van der Waals surface area contributed by atoms with Crippen molar-refractivity contribution in [3.05, 3.63) is 23.8 Å². The molecule has 2 bridgehead atoms. The van der Waals surface area contributed by atoms with Gasteiger partial charge in [0.2, 0.25) is 0 Å². The monoisotopic (exact) mass is 420 g/mol. The molecule has 0 saturated carbocycles. The highest BCUT2D eigenvalue weighted by Crippen LogP contribution is 2.41. The lowest BCUT2D eigenvalue weighted by molar-refractivity contribution is -0.121. The third-order valence-corrected chi connectivity index (χ3v) is 7.16. The van der Waals surface area contributed by atoms with Crippen LogP contribution in [-0.2, 0) is 4.79 Å². The number of rotatable bonds is 8. The summed E-state index contributed by atoms with van der Waals surface area (Å²) in [6, 6.07) is 3.45. The van der Waals surface area contributed by atoms with E-state index < -0.39 is 11.6 Å². The molecule has 1 aromatic carbocycles. The molecule has 0 spiro atoms. The fraction of sp³-hybridized carbons (Fsp3) is 0.708. The van der Waals surface area contributed by atoms with Crippen LogP contribution in [-0.4, -0.2) is 42.6 Å². The molecule has 4 nitrogen and oxygen atoms in total. The van der Waals surface area contributed by atoms with Gasteiger partial charge in [-0.25, -0.2) is 8.78 Å². The smallest absolute Gasteiger partial charge is 0.265 e. The lowest BCUT2D eigenvalue weighted by Crippen LogP contribution is -2.48. The normalized spacial score (nSPS) is 27.1. The first-order valence-electron chi connectivity index (χ1n) is 11.6. The second-order valence-corrected chi connectivity index (χ2v) is 9.55. The number of hydrogen-bond acceptors (Lipinski definition) is 3. The largest absolute Gasteiger partial charge is 0.481 e. The lowest BCUT2D eigenvalue weighted by Gasteiger charge is -2.41. The van der Waals surface area contributed by atoms with Crippen LogP contribution in [0.4, 0.5) is 14.5 Å². The van der Waals surface area contributed by atoms with Gasteiger partial charge in [0.1, 0.15) is 5.75 Å². The van der Waals surface area contributed by atoms with Crippen molar-refractivity contribution in [1.82, 2.24) is 4.90 Å². The molecule has 3 aliphatic heterocycles. The molecular weight excluding hydrogens is 386 g/mol. The van der Waals surface area contributed by atoms with Crippen molar-refractivity contribution < 1.29 is 18.3 Å². The summed E-state index contributed by atoms with van der Waals surface area (Å²) in [7, 11) is 0. The average Bonchev–Trinajstić information content (AvgIpc) is 2.94. The highest BCUT2D eigenvalue weighted by Gasteiger charge is 2.41. The molecule has 3 aliphatic rings. The van der Waals surface area contributed by atoms with Gasteiger partial charge in [-0.3, -0.25) is 9.69 Å². The number of nitrogens with zero attached hydrogens (tertiary/aromatic N) is 2. The number of hydrogen-bond donors (Lipinski definition) is 0. The summed E-state index contributed by atoms with van der Waals surface area (Å²) < 4.78 is 32.7.